The van der Waals surface area contributed by atoms with E-state index in [1.54, 1.807) is 48.7 Å². The number of amides is 2. The molecule has 0 aliphatic carbocycles. The SMILES string of the molecule is N#C/N=C(\N)NCCCCC(=O)Nc1ccc(C[C@H](NC(=O)[C@@H]2CCCN2S(=O)(=O)c2ccccc2)C(=O)O)cc1. The summed E-state index contributed by atoms with van der Waals surface area (Å²) in [4.78, 5) is 40.6. The third-order valence-electron chi connectivity index (χ3n) is 6.46. The molecular weight excluding hydrogens is 550 g/mol. The normalized spacial score (nSPS) is 16.4. The second-order valence-electron chi connectivity index (χ2n) is 9.42. The van der Waals surface area contributed by atoms with Crippen LogP contribution in [0.4, 0.5) is 5.69 Å². The fourth-order valence-electron chi connectivity index (χ4n) is 4.39. The van der Waals surface area contributed by atoms with E-state index in [-0.39, 0.29) is 36.1 Å². The molecule has 14 heteroatoms. The molecule has 6 N–H and O–H groups in total. The van der Waals surface area contributed by atoms with Gasteiger partial charge in [-0.3, -0.25) is 9.59 Å². The average Bonchev–Trinajstić information content (AvgIpc) is 3.45. The summed E-state index contributed by atoms with van der Waals surface area (Å²) < 4.78 is 27.3. The Balaban J connectivity index is 1.52. The van der Waals surface area contributed by atoms with Crippen molar-refractivity contribution in [1.29, 1.82) is 5.26 Å². The lowest BCUT2D eigenvalue weighted by molar-refractivity contribution is -0.142. The Morgan fingerprint density at radius 3 is 2.49 bits per heavy atom. The zero-order valence-electron chi connectivity index (χ0n) is 22.3. The fourth-order valence-corrected chi connectivity index (χ4v) is 6.07. The topological polar surface area (TPSA) is 207 Å². The summed E-state index contributed by atoms with van der Waals surface area (Å²) in [7, 11) is -3.91. The molecule has 2 atom stereocenters. The number of nitrogens with two attached hydrogens (primary N) is 1. The lowest BCUT2D eigenvalue weighted by Crippen LogP contribution is -2.51. The predicted molar refractivity (Wildman–Crippen MR) is 151 cm³/mol. The van der Waals surface area contributed by atoms with Crippen LogP contribution in [0, 0.1) is 11.5 Å². The van der Waals surface area contributed by atoms with Crippen molar-refractivity contribution in [2.45, 2.75) is 55.5 Å². The van der Waals surface area contributed by atoms with E-state index in [9.17, 15) is 27.9 Å². The molecule has 0 spiro atoms. The molecule has 0 unspecified atom stereocenters. The Hall–Kier alpha value is -4.48. The number of sulfonamides is 1. The second kappa shape index (κ2) is 14.8. The fraction of sp³-hybridized carbons (Fsp3) is 0.370. The standard InChI is InChI=1S/C27H33N7O6S/c28-18-31-27(29)30-15-5-4-10-24(35)32-20-13-11-19(12-14-20)17-22(26(37)38)33-25(36)23-9-6-16-34(23)41(39,40)21-7-2-1-3-8-21/h1-3,7-8,11-14,22-23H,4-6,9-10,15-17H2,(H,32,35)(H,33,36)(H,37,38)(H3,29,30,31)/t22-,23-/m0/s1. The minimum atomic E-state index is -3.91. The molecule has 1 fully saturated rings. The maximum Gasteiger partial charge on any atom is 0.326 e. The van der Waals surface area contributed by atoms with Crippen LogP contribution in [0.1, 0.15) is 37.7 Å². The molecule has 1 saturated heterocycles. The molecule has 2 amide bonds. The quantitative estimate of drug-likeness (QED) is 0.0990. The highest BCUT2D eigenvalue weighted by Crippen LogP contribution is 2.26. The number of carboxylic acid groups (broad SMARTS) is 1. The number of aliphatic carboxylic acids is 1. The Kier molecular flexibility index (Phi) is 11.2. The number of rotatable bonds is 13. The van der Waals surface area contributed by atoms with Crippen LogP contribution in [-0.2, 0) is 30.8 Å². The zero-order chi connectivity index (χ0) is 29.8. The minimum absolute atomic E-state index is 0.0262. The van der Waals surface area contributed by atoms with Gasteiger partial charge in [-0.2, -0.15) is 9.57 Å². The van der Waals surface area contributed by atoms with Crippen molar-refractivity contribution in [2.24, 2.45) is 10.7 Å². The number of hydrogen-bond donors (Lipinski definition) is 5. The number of carboxylic acids is 1. The van der Waals surface area contributed by atoms with Crippen molar-refractivity contribution >= 4 is 39.5 Å². The van der Waals surface area contributed by atoms with Crippen molar-refractivity contribution in [3.8, 4) is 6.19 Å². The molecule has 0 bridgehead atoms. The van der Waals surface area contributed by atoms with Crippen molar-refractivity contribution in [3.63, 3.8) is 0 Å². The van der Waals surface area contributed by atoms with Gasteiger partial charge >= 0.3 is 5.97 Å². The monoisotopic (exact) mass is 583 g/mol. The van der Waals surface area contributed by atoms with Crippen LogP contribution < -0.4 is 21.7 Å². The van der Waals surface area contributed by atoms with Crippen LogP contribution >= 0.6 is 0 Å². The molecule has 2 aromatic carbocycles. The van der Waals surface area contributed by atoms with Crippen LogP contribution in [-0.4, -0.2) is 66.7 Å². The van der Waals surface area contributed by atoms with Gasteiger partial charge in [-0.1, -0.05) is 30.3 Å². The van der Waals surface area contributed by atoms with Crippen molar-refractivity contribution in [1.82, 2.24) is 14.9 Å². The van der Waals surface area contributed by atoms with Gasteiger partial charge in [0.1, 0.15) is 12.1 Å². The lowest BCUT2D eigenvalue weighted by atomic mass is 10.0. The molecule has 3 rings (SSSR count). The number of nitrogens with one attached hydrogen (secondary N) is 3. The van der Waals surface area contributed by atoms with E-state index in [1.807, 2.05) is 0 Å². The number of unbranched alkanes of at least 4 members (excludes halogenated alkanes) is 1. The van der Waals surface area contributed by atoms with Crippen LogP contribution in [0.3, 0.4) is 0 Å². The van der Waals surface area contributed by atoms with Gasteiger partial charge in [0, 0.05) is 31.6 Å². The van der Waals surface area contributed by atoms with Crippen molar-refractivity contribution in [3.05, 3.63) is 60.2 Å². The Labute approximate surface area is 238 Å². The summed E-state index contributed by atoms with van der Waals surface area (Å²) in [6, 6.07) is 12.1. The third kappa shape index (κ3) is 9.02. The molecule has 218 valence electrons. The Morgan fingerprint density at radius 1 is 1.12 bits per heavy atom. The first-order valence-corrected chi connectivity index (χ1v) is 14.5. The molecule has 1 aliphatic heterocycles. The molecule has 13 nitrogen and oxygen atoms in total. The summed E-state index contributed by atoms with van der Waals surface area (Å²) >= 11 is 0. The van der Waals surface area contributed by atoms with Gasteiger partial charge in [0.15, 0.2) is 0 Å². The van der Waals surface area contributed by atoms with E-state index < -0.39 is 34.0 Å². The van der Waals surface area contributed by atoms with Gasteiger partial charge in [-0.05, 0) is 55.5 Å². The van der Waals surface area contributed by atoms with E-state index in [0.717, 1.165) is 4.31 Å². The molecule has 41 heavy (non-hydrogen) atoms. The van der Waals surface area contributed by atoms with Crippen molar-refractivity contribution in [2.75, 3.05) is 18.4 Å². The first-order chi connectivity index (χ1) is 19.6. The smallest absolute Gasteiger partial charge is 0.326 e. The van der Waals surface area contributed by atoms with Crippen LogP contribution in [0.5, 0.6) is 0 Å². The number of nitrogens with zero attached hydrogens (tertiary/aromatic N) is 3. The van der Waals surface area contributed by atoms with E-state index in [0.29, 0.717) is 43.5 Å². The highest BCUT2D eigenvalue weighted by atomic mass is 32.2. The number of hydrogen-bond acceptors (Lipinski definition) is 7. The summed E-state index contributed by atoms with van der Waals surface area (Å²) in [5, 5.41) is 26.2. The minimum Gasteiger partial charge on any atom is -0.480 e. The van der Waals surface area contributed by atoms with Gasteiger partial charge in [-0.25, -0.2) is 13.2 Å². The number of aliphatic imine (C=N–C) groups is 1. The maximum atomic E-state index is 13.1. The van der Waals surface area contributed by atoms with Gasteiger partial charge in [0.25, 0.3) is 0 Å². The summed E-state index contributed by atoms with van der Waals surface area (Å²) in [6.07, 6.45) is 3.82. The Bertz CT molecular complexity index is 1390. The highest BCUT2D eigenvalue weighted by molar-refractivity contribution is 7.89. The Morgan fingerprint density at radius 2 is 1.83 bits per heavy atom. The first kappa shape index (κ1) is 31.1. The molecule has 1 heterocycles. The summed E-state index contributed by atoms with van der Waals surface area (Å²) in [6.45, 7) is 0.644. The van der Waals surface area contributed by atoms with Crippen LogP contribution in [0.15, 0.2) is 64.5 Å². The van der Waals surface area contributed by atoms with E-state index >= 15 is 0 Å². The molecular formula is C27H33N7O6S. The lowest BCUT2D eigenvalue weighted by Gasteiger charge is -2.25. The average molecular weight is 584 g/mol. The molecule has 0 aromatic heterocycles. The molecule has 0 radical (unpaired) electrons. The first-order valence-electron chi connectivity index (χ1n) is 13.1. The van der Waals surface area contributed by atoms with Gasteiger partial charge < -0.3 is 26.8 Å². The van der Waals surface area contributed by atoms with Crippen LogP contribution in [0.25, 0.3) is 0 Å². The van der Waals surface area contributed by atoms with E-state index in [2.05, 4.69) is 20.9 Å². The van der Waals surface area contributed by atoms with Crippen molar-refractivity contribution < 1.29 is 27.9 Å². The van der Waals surface area contributed by atoms with Gasteiger partial charge in [0.05, 0.1) is 4.90 Å². The number of carbonyl (C=O) groups excluding carboxylic acids is 2. The number of carbonyl (C=O) groups is 3. The van der Waals surface area contributed by atoms with E-state index in [1.165, 1.54) is 12.1 Å². The molecule has 2 aromatic rings. The number of anilines is 1. The zero-order valence-corrected chi connectivity index (χ0v) is 23.1. The van der Waals surface area contributed by atoms with Gasteiger partial charge in [-0.15, -0.1) is 4.99 Å². The molecule has 0 saturated carbocycles. The predicted octanol–water partition coefficient (Wildman–Crippen LogP) is 1.15. The number of benzene rings is 2. The largest absolute Gasteiger partial charge is 0.480 e. The highest BCUT2D eigenvalue weighted by Gasteiger charge is 2.40. The third-order valence-corrected chi connectivity index (χ3v) is 8.38. The van der Waals surface area contributed by atoms with E-state index in [4.69, 9.17) is 11.0 Å². The molecule has 1 aliphatic rings. The van der Waals surface area contributed by atoms with Crippen LogP contribution in [0.2, 0.25) is 0 Å². The summed E-state index contributed by atoms with van der Waals surface area (Å²) in [5.74, 6) is -2.08. The number of guanidine groups is 1. The van der Waals surface area contributed by atoms with Gasteiger partial charge in [0.2, 0.25) is 34.0 Å². The summed E-state index contributed by atoms with van der Waals surface area (Å²) in [5.41, 5.74) is 6.58. The maximum absolute atomic E-state index is 13.1. The number of nitriles is 1. The second-order valence-corrected chi connectivity index (χ2v) is 11.3.